The molecule has 2 N–H and O–H groups in total. The molecule has 2 fully saturated rings. The van der Waals surface area contributed by atoms with Crippen LogP contribution in [0.2, 0.25) is 0 Å². The van der Waals surface area contributed by atoms with Gasteiger partial charge in [0, 0.05) is 37.4 Å². The molecule has 4 atom stereocenters. The van der Waals surface area contributed by atoms with Gasteiger partial charge in [0.05, 0.1) is 90.8 Å². The topological polar surface area (TPSA) is 114 Å². The van der Waals surface area contributed by atoms with Gasteiger partial charge in [0.25, 0.3) is 0 Å². The number of ether oxygens (including phenoxy) is 6. The summed E-state index contributed by atoms with van der Waals surface area (Å²) in [4.78, 5) is 23.4. The smallest absolute Gasteiger partial charge is 0.315 e. The molecule has 0 radical (unpaired) electrons. The van der Waals surface area contributed by atoms with Crippen molar-refractivity contribution in [1.82, 2.24) is 10.6 Å². The molecule has 2 unspecified atom stereocenters. The fourth-order valence-electron chi connectivity index (χ4n) is 4.35. The summed E-state index contributed by atoms with van der Waals surface area (Å²) in [6, 6.07) is 0.403. The van der Waals surface area contributed by atoms with Crippen LogP contribution in [-0.4, -0.2) is 151 Å². The highest BCUT2D eigenvalue weighted by molar-refractivity contribution is 8.76. The van der Waals surface area contributed by atoms with Gasteiger partial charge in [-0.05, 0) is 12.8 Å². The number of rotatable bonds is 26. The molecule has 2 heterocycles. The maximum Gasteiger partial charge on any atom is 0.315 e. The lowest BCUT2D eigenvalue weighted by atomic mass is 10.0. The Balaban J connectivity index is 1.30. The van der Waals surface area contributed by atoms with Crippen LogP contribution in [0.5, 0.6) is 0 Å². The average molecular weight is 643 g/mol. The summed E-state index contributed by atoms with van der Waals surface area (Å²) in [5.74, 6) is 2.77. The Kier molecular flexibility index (Phi) is 19.8. The van der Waals surface area contributed by atoms with E-state index in [0.717, 1.165) is 54.1 Å². The van der Waals surface area contributed by atoms with Crippen molar-refractivity contribution in [3.63, 3.8) is 0 Å². The van der Waals surface area contributed by atoms with E-state index in [9.17, 15) is 9.59 Å². The summed E-state index contributed by atoms with van der Waals surface area (Å²) in [6.07, 6.45) is 3.30. The molecule has 0 aliphatic carbocycles. The van der Waals surface area contributed by atoms with E-state index in [1.807, 2.05) is 33.3 Å². The molecule has 11 nitrogen and oxygen atoms in total. The lowest BCUT2D eigenvalue weighted by Crippen LogP contribution is -2.44. The Hall–Kier alpha value is -0.450. The lowest BCUT2D eigenvalue weighted by molar-refractivity contribution is -0.888. The number of hydrogen-bond donors (Lipinski definition) is 2. The number of thioether (sulfide) groups is 1. The third-order valence-corrected chi connectivity index (χ3v) is 10.9. The molecule has 0 aromatic carbocycles. The number of unbranched alkanes of at least 4 members (excludes halogenated alkanes) is 1. The van der Waals surface area contributed by atoms with Crippen molar-refractivity contribution in [2.75, 3.05) is 112 Å². The normalized spacial score (nSPS) is 21.0. The second-order valence-corrected chi connectivity index (χ2v) is 14.6. The fourth-order valence-corrected chi connectivity index (χ4v) is 8.38. The van der Waals surface area contributed by atoms with Crippen LogP contribution in [0, 0.1) is 0 Å². The standard InChI is InChI=1S/C27H51N3O8S3/c1-30(2,10-18-40-41-20-22(34-4)19-33-3)9-11-35-12-13-36-14-15-37-16-17-38-25(31)8-6-5-7-24-26-23(21-39-24)28-27(32)29-26/h22-24,26H,5-21H2,1-4H3,(H-,28,29,32)/p+1/t22?,23-,24?,26-/m0/s1. The SMILES string of the molecule is COCC(CSSCC[N+](C)(C)CCOCCOCCOCCOC(=O)CCCCC1SC[C@@H]2NC(=O)N[C@H]12)OC. The number of likely N-dealkylation sites (N-methyl/N-ethyl adjacent to an activating group) is 1. The molecule has 2 aliphatic rings. The van der Waals surface area contributed by atoms with Gasteiger partial charge in [0.15, 0.2) is 0 Å². The molecular weight excluding hydrogens is 591 g/mol. The molecule has 0 aromatic heterocycles. The molecule has 2 aliphatic heterocycles. The van der Waals surface area contributed by atoms with Gasteiger partial charge < -0.3 is 43.5 Å². The molecule has 0 aromatic rings. The fraction of sp³-hybridized carbons (Fsp3) is 0.926. The zero-order chi connectivity index (χ0) is 29.8. The van der Waals surface area contributed by atoms with Gasteiger partial charge in [0.2, 0.25) is 0 Å². The maximum atomic E-state index is 11.9. The number of hydrogen-bond acceptors (Lipinski definition) is 11. The zero-order valence-corrected chi connectivity index (χ0v) is 27.7. The molecule has 0 saturated carbocycles. The predicted molar refractivity (Wildman–Crippen MR) is 167 cm³/mol. The van der Waals surface area contributed by atoms with Crippen LogP contribution in [0.25, 0.3) is 0 Å². The first kappa shape index (κ1) is 36.7. The number of carbonyl (C=O) groups is 2. The van der Waals surface area contributed by atoms with E-state index in [0.29, 0.717) is 57.9 Å². The van der Waals surface area contributed by atoms with Crippen molar-refractivity contribution in [3.8, 4) is 0 Å². The van der Waals surface area contributed by atoms with Gasteiger partial charge in [-0.1, -0.05) is 28.0 Å². The summed E-state index contributed by atoms with van der Waals surface area (Å²) in [5, 5.41) is 6.38. The van der Waals surface area contributed by atoms with E-state index in [-0.39, 0.29) is 36.8 Å². The Morgan fingerprint density at radius 1 is 0.976 bits per heavy atom. The number of urea groups is 1. The van der Waals surface area contributed by atoms with Crippen molar-refractivity contribution < 1.29 is 42.5 Å². The van der Waals surface area contributed by atoms with E-state index in [4.69, 9.17) is 28.4 Å². The maximum absolute atomic E-state index is 11.9. The summed E-state index contributed by atoms with van der Waals surface area (Å²) in [7, 11) is 11.6. The van der Waals surface area contributed by atoms with E-state index in [1.165, 1.54) is 0 Å². The van der Waals surface area contributed by atoms with E-state index < -0.39 is 0 Å². The van der Waals surface area contributed by atoms with E-state index in [2.05, 4.69) is 24.7 Å². The third-order valence-electron chi connectivity index (χ3n) is 6.94. The third kappa shape index (κ3) is 16.8. The first-order valence-electron chi connectivity index (χ1n) is 14.5. The van der Waals surface area contributed by atoms with Crippen LogP contribution in [0.3, 0.4) is 0 Å². The van der Waals surface area contributed by atoms with Crippen molar-refractivity contribution in [2.24, 2.45) is 0 Å². The molecule has 2 rings (SSSR count). The molecular formula is C27H52N3O8S3+. The average Bonchev–Trinajstić information content (AvgIpc) is 3.49. The first-order chi connectivity index (χ1) is 19.8. The molecule has 2 saturated heterocycles. The molecule has 2 amide bonds. The van der Waals surface area contributed by atoms with Gasteiger partial charge in [-0.15, -0.1) is 0 Å². The minimum Gasteiger partial charge on any atom is -0.463 e. The number of methoxy groups -OCH3 is 2. The van der Waals surface area contributed by atoms with Gasteiger partial charge >= 0.3 is 12.0 Å². The monoisotopic (exact) mass is 642 g/mol. The van der Waals surface area contributed by atoms with Crippen molar-refractivity contribution in [2.45, 2.75) is 49.1 Å². The summed E-state index contributed by atoms with van der Waals surface area (Å²) >= 11 is 1.90. The second kappa shape index (κ2) is 22.1. The highest BCUT2D eigenvalue weighted by atomic mass is 33.1. The van der Waals surface area contributed by atoms with Crippen molar-refractivity contribution in [3.05, 3.63) is 0 Å². The first-order valence-corrected chi connectivity index (χ1v) is 18.0. The van der Waals surface area contributed by atoms with Crippen molar-refractivity contribution in [1.29, 1.82) is 0 Å². The number of quaternary nitrogens is 1. The van der Waals surface area contributed by atoms with Gasteiger partial charge in [-0.3, -0.25) is 4.79 Å². The van der Waals surface area contributed by atoms with Crippen molar-refractivity contribution >= 4 is 45.4 Å². The molecule has 41 heavy (non-hydrogen) atoms. The lowest BCUT2D eigenvalue weighted by Gasteiger charge is -2.29. The van der Waals surface area contributed by atoms with Gasteiger partial charge in [0.1, 0.15) is 13.2 Å². The predicted octanol–water partition coefficient (Wildman–Crippen LogP) is 2.42. The summed E-state index contributed by atoms with van der Waals surface area (Å²) < 4.78 is 33.5. The molecule has 240 valence electrons. The van der Waals surface area contributed by atoms with Crippen LogP contribution in [-0.2, 0) is 33.2 Å². The minimum atomic E-state index is -0.188. The van der Waals surface area contributed by atoms with E-state index in [1.54, 1.807) is 14.2 Å². The highest BCUT2D eigenvalue weighted by Gasteiger charge is 2.42. The largest absolute Gasteiger partial charge is 0.463 e. The number of amides is 2. The van der Waals surface area contributed by atoms with Crippen LogP contribution >= 0.6 is 33.3 Å². The summed E-state index contributed by atoms with van der Waals surface area (Å²) in [5.41, 5.74) is 0. The number of carbonyl (C=O) groups excluding carboxylic acids is 2. The zero-order valence-electron chi connectivity index (χ0n) is 25.3. The van der Waals surface area contributed by atoms with Crippen LogP contribution < -0.4 is 10.6 Å². The number of esters is 1. The minimum absolute atomic E-state index is 0.0610. The number of fused-ring (bicyclic) bond motifs is 1. The van der Waals surface area contributed by atoms with Gasteiger partial charge in [-0.2, -0.15) is 11.8 Å². The Bertz CT molecular complexity index is 725. The van der Waals surface area contributed by atoms with Crippen LogP contribution in [0.1, 0.15) is 25.7 Å². The molecule has 0 bridgehead atoms. The summed E-state index contributed by atoms with van der Waals surface area (Å²) in [6.45, 7) is 6.02. The van der Waals surface area contributed by atoms with Gasteiger partial charge in [-0.25, -0.2) is 4.79 Å². The Morgan fingerprint density at radius 3 is 2.39 bits per heavy atom. The number of nitrogens with zero attached hydrogens (tertiary/aromatic N) is 1. The molecule has 14 heteroatoms. The highest BCUT2D eigenvalue weighted by Crippen LogP contribution is 2.33. The Labute approximate surface area is 258 Å². The number of nitrogens with one attached hydrogen (secondary N) is 2. The molecule has 0 spiro atoms. The van der Waals surface area contributed by atoms with E-state index >= 15 is 0 Å². The van der Waals surface area contributed by atoms with Crippen LogP contribution in [0.4, 0.5) is 4.79 Å². The quantitative estimate of drug-likeness (QED) is 0.0477. The van der Waals surface area contributed by atoms with Crippen LogP contribution in [0.15, 0.2) is 0 Å². The second-order valence-electron chi connectivity index (χ2n) is 10.7. The Morgan fingerprint density at radius 2 is 1.68 bits per heavy atom.